The van der Waals surface area contributed by atoms with E-state index in [4.69, 9.17) is 9.84 Å². The van der Waals surface area contributed by atoms with Crippen LogP contribution in [0.15, 0.2) is 30.6 Å². The number of imidazole rings is 1. The molecule has 0 amide bonds. The summed E-state index contributed by atoms with van der Waals surface area (Å²) in [6.45, 7) is 6.33. The molecule has 0 saturated heterocycles. The maximum atomic E-state index is 10.8. The Morgan fingerprint density at radius 1 is 1.42 bits per heavy atom. The van der Waals surface area contributed by atoms with Crippen molar-refractivity contribution in [3.63, 3.8) is 0 Å². The third kappa shape index (κ3) is 3.05. The van der Waals surface area contributed by atoms with Gasteiger partial charge in [-0.25, -0.2) is 9.78 Å². The number of para-hydroxylation sites is 2. The average Bonchev–Trinajstić information content (AvgIpc) is 2.70. The molecule has 0 saturated carbocycles. The Kier molecular flexibility index (Phi) is 3.46. The summed E-state index contributed by atoms with van der Waals surface area (Å²) in [5.41, 5.74) is 1.60. The molecule has 1 aromatic heterocycles. The summed E-state index contributed by atoms with van der Waals surface area (Å²) in [5.74, 6) is 0. The van der Waals surface area contributed by atoms with Gasteiger partial charge in [-0.1, -0.05) is 32.9 Å². The van der Waals surface area contributed by atoms with Crippen molar-refractivity contribution in [2.45, 2.75) is 33.4 Å². The summed E-state index contributed by atoms with van der Waals surface area (Å²) in [5, 5.41) is 8.84. The number of nitrogens with zero attached hydrogens (tertiary/aromatic N) is 2. The van der Waals surface area contributed by atoms with Crippen molar-refractivity contribution >= 4 is 17.2 Å². The van der Waals surface area contributed by atoms with E-state index in [2.05, 4.69) is 4.98 Å². The van der Waals surface area contributed by atoms with Crippen LogP contribution in [0.3, 0.4) is 0 Å². The molecule has 0 spiro atoms. The summed E-state index contributed by atoms with van der Waals surface area (Å²) < 4.78 is 6.93. The number of rotatable bonds is 3. The van der Waals surface area contributed by atoms with Crippen molar-refractivity contribution in [2.75, 3.05) is 0 Å². The second-order valence-electron chi connectivity index (χ2n) is 5.62. The fourth-order valence-corrected chi connectivity index (χ4v) is 1.94. The van der Waals surface area contributed by atoms with Gasteiger partial charge in [0.15, 0.2) is 0 Å². The van der Waals surface area contributed by atoms with Gasteiger partial charge in [0, 0.05) is 5.41 Å². The first-order valence-electron chi connectivity index (χ1n) is 6.17. The first kappa shape index (κ1) is 13.4. The molecule has 5 heteroatoms. The minimum Gasteiger partial charge on any atom is -0.450 e. The van der Waals surface area contributed by atoms with E-state index in [1.165, 1.54) is 0 Å². The van der Waals surface area contributed by atoms with Gasteiger partial charge in [0.2, 0.25) is 0 Å². The van der Waals surface area contributed by atoms with Gasteiger partial charge in [-0.15, -0.1) is 0 Å². The summed E-state index contributed by atoms with van der Waals surface area (Å²) >= 11 is 0. The Hall–Kier alpha value is -2.04. The van der Waals surface area contributed by atoms with E-state index in [0.717, 1.165) is 11.0 Å². The van der Waals surface area contributed by atoms with Crippen LogP contribution in [-0.2, 0) is 11.3 Å². The Labute approximate surface area is 111 Å². The van der Waals surface area contributed by atoms with Crippen LogP contribution in [0.4, 0.5) is 4.79 Å². The van der Waals surface area contributed by atoms with Crippen LogP contribution in [0.1, 0.15) is 20.8 Å². The van der Waals surface area contributed by atoms with E-state index in [0.29, 0.717) is 6.54 Å². The largest absolute Gasteiger partial charge is 0.506 e. The molecule has 0 bridgehead atoms. The molecule has 0 aliphatic rings. The van der Waals surface area contributed by atoms with Crippen LogP contribution in [0.5, 0.6) is 0 Å². The SMILES string of the molecule is CC(C)(C)C(Cn1cnc2ccccc21)OC(=O)O. The van der Waals surface area contributed by atoms with Crippen LogP contribution < -0.4 is 0 Å². The van der Waals surface area contributed by atoms with Gasteiger partial charge in [-0.3, -0.25) is 0 Å². The molecular formula is C14H18N2O3. The van der Waals surface area contributed by atoms with E-state index in [1.807, 2.05) is 49.6 Å². The van der Waals surface area contributed by atoms with Crippen LogP contribution >= 0.6 is 0 Å². The van der Waals surface area contributed by atoms with Gasteiger partial charge in [0.1, 0.15) is 6.10 Å². The monoisotopic (exact) mass is 262 g/mol. The highest BCUT2D eigenvalue weighted by Crippen LogP contribution is 2.25. The van der Waals surface area contributed by atoms with Crippen molar-refractivity contribution in [3.8, 4) is 0 Å². The molecule has 0 radical (unpaired) electrons. The number of carbonyl (C=O) groups is 1. The predicted octanol–water partition coefficient (Wildman–Crippen LogP) is 3.15. The lowest BCUT2D eigenvalue weighted by Gasteiger charge is -2.29. The number of aromatic nitrogens is 2. The molecule has 1 aromatic carbocycles. The lowest BCUT2D eigenvalue weighted by Crippen LogP contribution is -2.35. The van der Waals surface area contributed by atoms with Crippen molar-refractivity contribution in [1.82, 2.24) is 9.55 Å². The Balaban J connectivity index is 2.28. The minimum atomic E-state index is -1.25. The zero-order chi connectivity index (χ0) is 14.0. The van der Waals surface area contributed by atoms with Crippen molar-refractivity contribution in [2.24, 2.45) is 5.41 Å². The van der Waals surface area contributed by atoms with Crippen molar-refractivity contribution < 1.29 is 14.6 Å². The highest BCUT2D eigenvalue weighted by atomic mass is 16.7. The number of ether oxygens (including phenoxy) is 1. The predicted molar refractivity (Wildman–Crippen MR) is 72.1 cm³/mol. The smallest absolute Gasteiger partial charge is 0.450 e. The molecule has 0 aliphatic carbocycles. The number of carboxylic acid groups (broad SMARTS) is 1. The fourth-order valence-electron chi connectivity index (χ4n) is 1.94. The molecule has 19 heavy (non-hydrogen) atoms. The molecule has 1 unspecified atom stereocenters. The molecule has 1 heterocycles. The van der Waals surface area contributed by atoms with E-state index in [9.17, 15) is 4.79 Å². The second kappa shape index (κ2) is 4.91. The Morgan fingerprint density at radius 3 is 2.74 bits per heavy atom. The van der Waals surface area contributed by atoms with Gasteiger partial charge in [-0.05, 0) is 12.1 Å². The van der Waals surface area contributed by atoms with Gasteiger partial charge in [-0.2, -0.15) is 0 Å². The molecule has 1 N–H and O–H groups in total. The highest BCUT2D eigenvalue weighted by molar-refractivity contribution is 5.74. The molecule has 102 valence electrons. The summed E-state index contributed by atoms with van der Waals surface area (Å²) in [7, 11) is 0. The Morgan fingerprint density at radius 2 is 2.11 bits per heavy atom. The standard InChI is InChI=1S/C14H18N2O3/c1-14(2,3)12(19-13(17)18)8-16-9-15-10-6-4-5-7-11(10)16/h4-7,9,12H,8H2,1-3H3,(H,17,18). The van der Waals surface area contributed by atoms with Gasteiger partial charge < -0.3 is 14.4 Å². The maximum absolute atomic E-state index is 10.8. The third-order valence-corrected chi connectivity index (χ3v) is 3.10. The van der Waals surface area contributed by atoms with Gasteiger partial charge in [0.25, 0.3) is 0 Å². The topological polar surface area (TPSA) is 64.4 Å². The average molecular weight is 262 g/mol. The van der Waals surface area contributed by atoms with Crippen LogP contribution in [0.25, 0.3) is 11.0 Å². The zero-order valence-corrected chi connectivity index (χ0v) is 11.3. The lowest BCUT2D eigenvalue weighted by atomic mass is 9.89. The quantitative estimate of drug-likeness (QED) is 0.863. The van der Waals surface area contributed by atoms with Gasteiger partial charge in [0.05, 0.1) is 23.9 Å². The first-order valence-corrected chi connectivity index (χ1v) is 6.17. The van der Waals surface area contributed by atoms with Crippen molar-refractivity contribution in [3.05, 3.63) is 30.6 Å². The van der Waals surface area contributed by atoms with E-state index >= 15 is 0 Å². The molecular weight excluding hydrogens is 244 g/mol. The minimum absolute atomic E-state index is 0.274. The first-order chi connectivity index (χ1) is 8.88. The van der Waals surface area contributed by atoms with E-state index in [-0.39, 0.29) is 5.41 Å². The zero-order valence-electron chi connectivity index (χ0n) is 11.3. The second-order valence-corrected chi connectivity index (χ2v) is 5.62. The summed E-state index contributed by atoms with van der Waals surface area (Å²) in [6.07, 6.45) is 0.0428. The molecule has 2 rings (SSSR count). The van der Waals surface area contributed by atoms with Crippen LogP contribution in [-0.4, -0.2) is 26.9 Å². The maximum Gasteiger partial charge on any atom is 0.506 e. The highest BCUT2D eigenvalue weighted by Gasteiger charge is 2.29. The van der Waals surface area contributed by atoms with Gasteiger partial charge >= 0.3 is 6.16 Å². The van der Waals surface area contributed by atoms with E-state index < -0.39 is 12.3 Å². The molecule has 5 nitrogen and oxygen atoms in total. The number of hydrogen-bond acceptors (Lipinski definition) is 3. The van der Waals surface area contributed by atoms with Crippen molar-refractivity contribution in [1.29, 1.82) is 0 Å². The lowest BCUT2D eigenvalue weighted by molar-refractivity contribution is -0.00711. The number of fused-ring (bicyclic) bond motifs is 1. The Bertz CT molecular complexity index is 584. The molecule has 1 atom stereocenters. The molecule has 0 aliphatic heterocycles. The third-order valence-electron chi connectivity index (χ3n) is 3.10. The molecule has 0 fully saturated rings. The number of benzene rings is 1. The number of hydrogen-bond donors (Lipinski definition) is 1. The van der Waals surface area contributed by atoms with Crippen LogP contribution in [0, 0.1) is 5.41 Å². The molecule has 2 aromatic rings. The van der Waals surface area contributed by atoms with E-state index in [1.54, 1.807) is 6.33 Å². The summed E-state index contributed by atoms with van der Waals surface area (Å²) in [6, 6.07) is 7.75. The summed E-state index contributed by atoms with van der Waals surface area (Å²) in [4.78, 5) is 15.1. The normalized spacial score (nSPS) is 13.4. The van der Waals surface area contributed by atoms with Crippen LogP contribution in [0.2, 0.25) is 0 Å². The fraction of sp³-hybridized carbons (Fsp3) is 0.429.